The summed E-state index contributed by atoms with van der Waals surface area (Å²) in [6, 6.07) is 0. The van der Waals surface area contributed by atoms with Crippen LogP contribution >= 0.6 is 0 Å². The van der Waals surface area contributed by atoms with Crippen molar-refractivity contribution < 1.29 is 18.8 Å². The number of hydrogen-bond acceptors (Lipinski definition) is 3. The standard InChI is InChI=1S/C19H40NO3/c1-5-6-7-8-9-10-11-12-13-14-17-22-19(21)23-18-15-16-20(2,3)4/h5-18H2,1-4H3/q+1. The van der Waals surface area contributed by atoms with E-state index in [9.17, 15) is 4.79 Å². The van der Waals surface area contributed by atoms with E-state index < -0.39 is 6.16 Å². The third-order valence-corrected chi connectivity index (χ3v) is 3.91. The summed E-state index contributed by atoms with van der Waals surface area (Å²) in [5.74, 6) is 0. The van der Waals surface area contributed by atoms with Crippen LogP contribution in [0.4, 0.5) is 4.79 Å². The molecule has 0 amide bonds. The predicted molar refractivity (Wildman–Crippen MR) is 96.7 cm³/mol. The number of ether oxygens (including phenoxy) is 2. The molecule has 4 heteroatoms. The van der Waals surface area contributed by atoms with Crippen LogP contribution in [0.5, 0.6) is 0 Å². The van der Waals surface area contributed by atoms with Crippen molar-refractivity contribution in [1.29, 1.82) is 0 Å². The lowest BCUT2D eigenvalue weighted by atomic mass is 10.1. The molecule has 0 fully saturated rings. The van der Waals surface area contributed by atoms with Gasteiger partial charge in [0, 0.05) is 6.42 Å². The number of carbonyl (C=O) groups is 1. The molecule has 0 aliphatic heterocycles. The second-order valence-electron chi connectivity index (χ2n) is 7.50. The van der Waals surface area contributed by atoms with Crippen LogP contribution in [0.1, 0.15) is 77.6 Å². The molecule has 0 aromatic heterocycles. The smallest absolute Gasteiger partial charge is 0.434 e. The number of hydrogen-bond donors (Lipinski definition) is 0. The van der Waals surface area contributed by atoms with Crippen LogP contribution in [0.15, 0.2) is 0 Å². The minimum absolute atomic E-state index is 0.451. The fraction of sp³-hybridized carbons (Fsp3) is 0.947. The molecule has 0 N–H and O–H groups in total. The largest absolute Gasteiger partial charge is 0.508 e. The van der Waals surface area contributed by atoms with Crippen LogP contribution in [0.25, 0.3) is 0 Å². The summed E-state index contributed by atoms with van der Waals surface area (Å²) >= 11 is 0. The van der Waals surface area contributed by atoms with E-state index in [1.165, 1.54) is 51.4 Å². The van der Waals surface area contributed by atoms with Crippen LogP contribution < -0.4 is 0 Å². The minimum Gasteiger partial charge on any atom is -0.434 e. The first-order valence-corrected chi connectivity index (χ1v) is 9.55. The molecule has 0 aromatic rings. The van der Waals surface area contributed by atoms with Gasteiger partial charge in [-0.1, -0.05) is 64.7 Å². The molecule has 0 heterocycles. The molecule has 0 unspecified atom stereocenters. The van der Waals surface area contributed by atoms with Crippen molar-refractivity contribution >= 4 is 6.16 Å². The molecule has 0 aliphatic rings. The molecule has 0 aromatic carbocycles. The zero-order chi connectivity index (χ0) is 17.4. The van der Waals surface area contributed by atoms with Crippen LogP contribution in [0.2, 0.25) is 0 Å². The van der Waals surface area contributed by atoms with E-state index in [1.54, 1.807) is 0 Å². The lowest BCUT2D eigenvalue weighted by Gasteiger charge is -2.23. The molecule has 0 atom stereocenters. The predicted octanol–water partition coefficient (Wildman–Crippen LogP) is 5.16. The first-order valence-electron chi connectivity index (χ1n) is 9.55. The first kappa shape index (κ1) is 22.2. The molecule has 0 bridgehead atoms. The highest BCUT2D eigenvalue weighted by atomic mass is 16.7. The molecule has 138 valence electrons. The number of quaternary nitrogens is 1. The maximum absolute atomic E-state index is 11.4. The van der Waals surface area contributed by atoms with Crippen molar-refractivity contribution in [2.24, 2.45) is 0 Å². The van der Waals surface area contributed by atoms with E-state index in [0.717, 1.165) is 30.3 Å². The van der Waals surface area contributed by atoms with Gasteiger partial charge >= 0.3 is 6.16 Å². The summed E-state index contributed by atoms with van der Waals surface area (Å²) in [6.07, 6.45) is 13.2. The quantitative estimate of drug-likeness (QED) is 0.236. The molecule has 0 saturated heterocycles. The summed E-state index contributed by atoms with van der Waals surface area (Å²) in [7, 11) is 6.39. The summed E-state index contributed by atoms with van der Waals surface area (Å²) in [4.78, 5) is 11.4. The Morgan fingerprint density at radius 3 is 1.61 bits per heavy atom. The highest BCUT2D eigenvalue weighted by molar-refractivity contribution is 5.59. The SMILES string of the molecule is CCCCCCCCCCCCOC(=O)OCCC[N+](C)(C)C. The van der Waals surface area contributed by atoms with Crippen LogP contribution in [0, 0.1) is 0 Å². The number of nitrogens with zero attached hydrogens (tertiary/aromatic N) is 1. The van der Waals surface area contributed by atoms with E-state index >= 15 is 0 Å². The lowest BCUT2D eigenvalue weighted by Crippen LogP contribution is -2.35. The zero-order valence-electron chi connectivity index (χ0n) is 16.1. The maximum atomic E-state index is 11.4. The number of unbranched alkanes of at least 4 members (excludes halogenated alkanes) is 9. The van der Waals surface area contributed by atoms with Crippen molar-refractivity contribution in [2.45, 2.75) is 77.6 Å². The second kappa shape index (κ2) is 14.8. The molecule has 23 heavy (non-hydrogen) atoms. The molecular formula is C19H40NO3+. The van der Waals surface area contributed by atoms with E-state index in [4.69, 9.17) is 9.47 Å². The van der Waals surface area contributed by atoms with Gasteiger partial charge in [-0.3, -0.25) is 0 Å². The Labute approximate surface area is 144 Å². The molecular weight excluding hydrogens is 290 g/mol. The number of rotatable bonds is 15. The molecule has 0 radical (unpaired) electrons. The third kappa shape index (κ3) is 19.2. The fourth-order valence-electron chi connectivity index (χ4n) is 2.48. The van der Waals surface area contributed by atoms with E-state index in [2.05, 4.69) is 28.1 Å². The van der Waals surface area contributed by atoms with Crippen LogP contribution in [-0.4, -0.2) is 51.5 Å². The monoisotopic (exact) mass is 330 g/mol. The van der Waals surface area contributed by atoms with Gasteiger partial charge in [0.2, 0.25) is 0 Å². The van der Waals surface area contributed by atoms with Crippen molar-refractivity contribution in [3.8, 4) is 0 Å². The van der Waals surface area contributed by atoms with Gasteiger partial charge in [0.25, 0.3) is 0 Å². The first-order chi connectivity index (χ1) is 11.0. The maximum Gasteiger partial charge on any atom is 0.508 e. The normalized spacial score (nSPS) is 11.5. The minimum atomic E-state index is -0.512. The van der Waals surface area contributed by atoms with Gasteiger partial charge in [-0.25, -0.2) is 4.79 Å². The Hall–Kier alpha value is -0.770. The van der Waals surface area contributed by atoms with Crippen molar-refractivity contribution in [3.05, 3.63) is 0 Å². The summed E-state index contributed by atoms with van der Waals surface area (Å²) in [6.45, 7) is 4.19. The highest BCUT2D eigenvalue weighted by Gasteiger charge is 2.08. The molecule has 4 nitrogen and oxygen atoms in total. The molecule has 0 spiro atoms. The van der Waals surface area contributed by atoms with Crippen LogP contribution in [-0.2, 0) is 9.47 Å². The average Bonchev–Trinajstić information content (AvgIpc) is 2.48. The van der Waals surface area contributed by atoms with Gasteiger partial charge in [0.15, 0.2) is 0 Å². The number of carbonyl (C=O) groups excluding carboxylic acids is 1. The molecule has 0 saturated carbocycles. The summed E-state index contributed by atoms with van der Waals surface area (Å²) in [5.41, 5.74) is 0. The van der Waals surface area contributed by atoms with Gasteiger partial charge in [-0.15, -0.1) is 0 Å². The highest BCUT2D eigenvalue weighted by Crippen LogP contribution is 2.10. The second-order valence-corrected chi connectivity index (χ2v) is 7.50. The van der Waals surface area contributed by atoms with E-state index in [-0.39, 0.29) is 0 Å². The molecule has 0 aliphatic carbocycles. The van der Waals surface area contributed by atoms with Gasteiger partial charge in [-0.2, -0.15) is 0 Å². The Morgan fingerprint density at radius 1 is 0.696 bits per heavy atom. The van der Waals surface area contributed by atoms with Crippen molar-refractivity contribution in [3.63, 3.8) is 0 Å². The third-order valence-electron chi connectivity index (χ3n) is 3.91. The van der Waals surface area contributed by atoms with Crippen molar-refractivity contribution in [1.82, 2.24) is 0 Å². The van der Waals surface area contributed by atoms with Crippen LogP contribution in [0.3, 0.4) is 0 Å². The summed E-state index contributed by atoms with van der Waals surface area (Å²) in [5, 5.41) is 0. The molecule has 0 rings (SSSR count). The topological polar surface area (TPSA) is 35.5 Å². The summed E-state index contributed by atoms with van der Waals surface area (Å²) < 4.78 is 11.0. The van der Waals surface area contributed by atoms with Gasteiger partial charge in [-0.05, 0) is 6.42 Å². The fourth-order valence-corrected chi connectivity index (χ4v) is 2.48. The Bertz CT molecular complexity index is 274. The Morgan fingerprint density at radius 2 is 1.13 bits per heavy atom. The van der Waals surface area contributed by atoms with E-state index in [0.29, 0.717) is 13.2 Å². The Balaban J connectivity index is 3.20. The van der Waals surface area contributed by atoms with Gasteiger partial charge in [0.05, 0.1) is 34.3 Å². The van der Waals surface area contributed by atoms with Crippen molar-refractivity contribution in [2.75, 3.05) is 40.9 Å². The average molecular weight is 331 g/mol. The zero-order valence-corrected chi connectivity index (χ0v) is 16.1. The lowest BCUT2D eigenvalue weighted by molar-refractivity contribution is -0.870. The van der Waals surface area contributed by atoms with Gasteiger partial charge < -0.3 is 14.0 Å². The van der Waals surface area contributed by atoms with E-state index in [1.807, 2.05) is 0 Å². The Kier molecular flexibility index (Phi) is 14.3. The van der Waals surface area contributed by atoms with Gasteiger partial charge in [0.1, 0.15) is 6.61 Å².